The molecule has 1 atom stereocenters. The van der Waals surface area contributed by atoms with Crippen LogP contribution in [0.25, 0.3) is 0 Å². The molecule has 0 bridgehead atoms. The van der Waals surface area contributed by atoms with E-state index in [0.717, 1.165) is 3.57 Å². The fourth-order valence-electron chi connectivity index (χ4n) is 1.10. The Bertz CT molecular complexity index is 370. The molecule has 6 heteroatoms. The Balaban J connectivity index is 2.76. The number of aliphatic hydroxyl groups is 1. The van der Waals surface area contributed by atoms with E-state index in [9.17, 15) is 10.2 Å². The summed E-state index contributed by atoms with van der Waals surface area (Å²) in [5, 5.41) is 28.5. The van der Waals surface area contributed by atoms with E-state index in [-0.39, 0.29) is 18.3 Å². The second kappa shape index (κ2) is 5.17. The van der Waals surface area contributed by atoms with Crippen molar-refractivity contribution in [3.63, 3.8) is 0 Å². The minimum atomic E-state index is -0.798. The van der Waals surface area contributed by atoms with Crippen molar-refractivity contribution in [3.8, 4) is 5.75 Å². The Morgan fingerprint density at radius 1 is 1.60 bits per heavy atom. The Labute approximate surface area is 101 Å². The Kier molecular flexibility index (Phi) is 4.15. The van der Waals surface area contributed by atoms with Crippen LogP contribution in [0, 0.1) is 8.98 Å². The van der Waals surface area contributed by atoms with Crippen LogP contribution in [-0.2, 0) is 0 Å². The van der Waals surface area contributed by atoms with Crippen LogP contribution in [0.15, 0.2) is 18.2 Å². The maximum Gasteiger partial charge on any atom is 0.185 e. The van der Waals surface area contributed by atoms with E-state index in [0.29, 0.717) is 5.56 Å². The quantitative estimate of drug-likeness (QED) is 0.318. The monoisotopic (exact) mass is 321 g/mol. The van der Waals surface area contributed by atoms with Gasteiger partial charge in [-0.3, -0.25) is 5.41 Å². The molecule has 5 nitrogen and oxygen atoms in total. The number of nitrogens with one attached hydrogen (secondary N) is 2. The van der Waals surface area contributed by atoms with Gasteiger partial charge in [-0.15, -0.1) is 0 Å². The van der Waals surface area contributed by atoms with Crippen molar-refractivity contribution in [2.45, 2.75) is 6.10 Å². The third-order valence-corrected chi connectivity index (χ3v) is 2.81. The standard InChI is InChI=1S/C9H12IN3O2/c10-7-2-1-5(14)3-6(7)8(15)4-13-9(11)12/h1-3,8,14-15H,4H2,(H4,11,12,13)/t8-/m0/s1. The number of hydrogen-bond acceptors (Lipinski definition) is 3. The molecule has 0 saturated carbocycles. The molecular formula is C9H12IN3O2. The molecule has 0 heterocycles. The summed E-state index contributed by atoms with van der Waals surface area (Å²) in [6, 6.07) is 4.76. The first-order valence-corrected chi connectivity index (χ1v) is 5.33. The van der Waals surface area contributed by atoms with Crippen molar-refractivity contribution in [3.05, 3.63) is 27.3 Å². The molecule has 0 unspecified atom stereocenters. The van der Waals surface area contributed by atoms with Gasteiger partial charge in [-0.25, -0.2) is 0 Å². The molecule has 82 valence electrons. The minimum absolute atomic E-state index is 0.104. The molecule has 0 aromatic heterocycles. The molecule has 1 aromatic rings. The second-order valence-corrected chi connectivity index (χ2v) is 4.18. The molecule has 0 saturated heterocycles. The summed E-state index contributed by atoms with van der Waals surface area (Å²) >= 11 is 2.07. The Hall–Kier alpha value is -1.02. The molecule has 6 N–H and O–H groups in total. The van der Waals surface area contributed by atoms with Crippen molar-refractivity contribution in [1.82, 2.24) is 5.32 Å². The summed E-state index contributed by atoms with van der Waals surface area (Å²) in [6.07, 6.45) is -0.798. The summed E-state index contributed by atoms with van der Waals surface area (Å²) in [5.74, 6) is -0.0866. The topological polar surface area (TPSA) is 102 Å². The fraction of sp³-hybridized carbons (Fsp3) is 0.222. The summed E-state index contributed by atoms with van der Waals surface area (Å²) in [6.45, 7) is 0.148. The molecular weight excluding hydrogens is 309 g/mol. The van der Waals surface area contributed by atoms with E-state index in [1.165, 1.54) is 6.07 Å². The number of aromatic hydroxyl groups is 1. The van der Waals surface area contributed by atoms with Crippen molar-refractivity contribution >= 4 is 28.6 Å². The normalized spacial score (nSPS) is 12.1. The lowest BCUT2D eigenvalue weighted by Gasteiger charge is -2.13. The van der Waals surface area contributed by atoms with E-state index < -0.39 is 6.10 Å². The summed E-state index contributed by atoms with van der Waals surface area (Å²) in [5.41, 5.74) is 5.71. The van der Waals surface area contributed by atoms with Crippen molar-refractivity contribution < 1.29 is 10.2 Å². The first kappa shape index (κ1) is 12.1. The van der Waals surface area contributed by atoms with Crippen LogP contribution in [-0.4, -0.2) is 22.7 Å². The molecule has 0 fully saturated rings. The summed E-state index contributed by atoms with van der Waals surface area (Å²) < 4.78 is 0.850. The molecule has 0 radical (unpaired) electrons. The van der Waals surface area contributed by atoms with Gasteiger partial charge in [-0.2, -0.15) is 0 Å². The Morgan fingerprint density at radius 3 is 2.87 bits per heavy atom. The predicted octanol–water partition coefficient (Wildman–Crippen LogP) is 0.513. The maximum atomic E-state index is 9.74. The van der Waals surface area contributed by atoms with Crippen molar-refractivity contribution in [2.75, 3.05) is 6.54 Å². The highest BCUT2D eigenvalue weighted by Gasteiger charge is 2.11. The van der Waals surface area contributed by atoms with E-state index in [1.807, 2.05) is 0 Å². The number of aliphatic hydroxyl groups excluding tert-OH is 1. The number of phenolic OH excluding ortho intramolecular Hbond substituents is 1. The molecule has 1 rings (SSSR count). The zero-order valence-electron chi connectivity index (χ0n) is 7.87. The van der Waals surface area contributed by atoms with Crippen LogP contribution in [0.5, 0.6) is 5.75 Å². The smallest absolute Gasteiger partial charge is 0.185 e. The molecule has 0 aliphatic rings. The number of benzene rings is 1. The molecule has 0 aliphatic heterocycles. The highest BCUT2D eigenvalue weighted by molar-refractivity contribution is 14.1. The summed E-state index contributed by atoms with van der Waals surface area (Å²) in [4.78, 5) is 0. The largest absolute Gasteiger partial charge is 0.508 e. The number of rotatable bonds is 3. The Morgan fingerprint density at radius 2 is 2.27 bits per heavy atom. The van der Waals surface area contributed by atoms with E-state index >= 15 is 0 Å². The van der Waals surface area contributed by atoms with Gasteiger partial charge in [0.1, 0.15) is 5.75 Å². The zero-order chi connectivity index (χ0) is 11.4. The lowest BCUT2D eigenvalue weighted by Crippen LogP contribution is -2.33. The van der Waals surface area contributed by atoms with Gasteiger partial charge in [0.15, 0.2) is 5.96 Å². The van der Waals surface area contributed by atoms with Gasteiger partial charge in [-0.1, -0.05) is 0 Å². The fourth-order valence-corrected chi connectivity index (χ4v) is 1.80. The van der Waals surface area contributed by atoms with Gasteiger partial charge in [0, 0.05) is 10.1 Å². The molecule has 1 aromatic carbocycles. The summed E-state index contributed by atoms with van der Waals surface area (Å²) in [7, 11) is 0. The van der Waals surface area contributed by atoms with Crippen LogP contribution < -0.4 is 11.1 Å². The van der Waals surface area contributed by atoms with E-state index in [2.05, 4.69) is 27.9 Å². The van der Waals surface area contributed by atoms with Crippen LogP contribution in [0.4, 0.5) is 0 Å². The van der Waals surface area contributed by atoms with Crippen LogP contribution >= 0.6 is 22.6 Å². The van der Waals surface area contributed by atoms with Crippen molar-refractivity contribution in [2.24, 2.45) is 5.73 Å². The lowest BCUT2D eigenvalue weighted by molar-refractivity contribution is 0.180. The van der Waals surface area contributed by atoms with Crippen LogP contribution in [0.2, 0.25) is 0 Å². The first-order chi connectivity index (χ1) is 7.00. The highest BCUT2D eigenvalue weighted by atomic mass is 127. The van der Waals surface area contributed by atoms with Gasteiger partial charge >= 0.3 is 0 Å². The third kappa shape index (κ3) is 3.56. The van der Waals surface area contributed by atoms with Gasteiger partial charge in [0.2, 0.25) is 0 Å². The lowest BCUT2D eigenvalue weighted by atomic mass is 10.1. The number of hydrogen-bond donors (Lipinski definition) is 5. The van der Waals surface area contributed by atoms with Gasteiger partial charge in [-0.05, 0) is 46.4 Å². The zero-order valence-corrected chi connectivity index (χ0v) is 10.0. The number of halogens is 1. The van der Waals surface area contributed by atoms with Crippen molar-refractivity contribution in [1.29, 1.82) is 5.41 Å². The molecule has 15 heavy (non-hydrogen) atoms. The van der Waals surface area contributed by atoms with Gasteiger partial charge in [0.05, 0.1) is 6.10 Å². The highest BCUT2D eigenvalue weighted by Crippen LogP contribution is 2.23. The van der Waals surface area contributed by atoms with E-state index in [1.54, 1.807) is 12.1 Å². The minimum Gasteiger partial charge on any atom is -0.508 e. The van der Waals surface area contributed by atoms with Gasteiger partial charge < -0.3 is 21.3 Å². The molecule has 0 aliphatic carbocycles. The maximum absolute atomic E-state index is 9.74. The van der Waals surface area contributed by atoms with Gasteiger partial charge in [0.25, 0.3) is 0 Å². The predicted molar refractivity (Wildman–Crippen MR) is 65.7 cm³/mol. The SMILES string of the molecule is N=C(N)NC[C@H](O)c1cc(O)ccc1I. The van der Waals surface area contributed by atoms with Crippen LogP contribution in [0.1, 0.15) is 11.7 Å². The van der Waals surface area contributed by atoms with Crippen LogP contribution in [0.3, 0.4) is 0 Å². The first-order valence-electron chi connectivity index (χ1n) is 4.25. The number of phenols is 1. The second-order valence-electron chi connectivity index (χ2n) is 3.02. The molecule has 0 spiro atoms. The molecule has 0 amide bonds. The third-order valence-electron chi connectivity index (χ3n) is 1.82. The number of guanidine groups is 1. The number of nitrogens with two attached hydrogens (primary N) is 1. The average molecular weight is 321 g/mol. The average Bonchev–Trinajstić information content (AvgIpc) is 2.18. The van der Waals surface area contributed by atoms with E-state index in [4.69, 9.17) is 11.1 Å².